The van der Waals surface area contributed by atoms with Crippen molar-refractivity contribution < 1.29 is 23.9 Å². The highest BCUT2D eigenvalue weighted by atomic mass is 32.2. The highest BCUT2D eigenvalue weighted by Gasteiger charge is 2.16. The van der Waals surface area contributed by atoms with Crippen LogP contribution >= 0.6 is 35.3 Å². The molecule has 3 aliphatic rings. The Labute approximate surface area is 431 Å². The summed E-state index contributed by atoms with van der Waals surface area (Å²) in [4.78, 5) is 47.7. The van der Waals surface area contributed by atoms with Crippen molar-refractivity contribution in [1.29, 1.82) is 0 Å². The predicted molar refractivity (Wildman–Crippen MR) is 296 cm³/mol. The number of Topliss-reactive ketones (excluding diaryl/α,β-unsaturated/α-hetero) is 3. The van der Waals surface area contributed by atoms with Crippen LogP contribution in [-0.4, -0.2) is 135 Å². The average Bonchev–Trinajstić information content (AvgIpc) is 3.40. The SMILES string of the molecule is CCCCCCCSc1ccc(C(=O)CCN2CCOCC2)cc1.CCCCCCSc1ccc(C(=O)CCN2CCOCC2)cc1.CCCCCSc1ccc(C(=O)CCN2CCCCC2)cc1. The molecule has 0 unspecified atom stereocenters. The van der Waals surface area contributed by atoms with E-state index in [2.05, 4.69) is 71.9 Å². The first-order valence-electron chi connectivity index (χ1n) is 27.0. The maximum absolute atomic E-state index is 12.3. The zero-order chi connectivity index (χ0) is 49.0. The Hall–Kier alpha value is -2.48. The summed E-state index contributed by atoms with van der Waals surface area (Å²) in [7, 11) is 0. The molecule has 69 heavy (non-hydrogen) atoms. The summed E-state index contributed by atoms with van der Waals surface area (Å²) in [6, 6.07) is 24.5. The minimum Gasteiger partial charge on any atom is -0.379 e. The summed E-state index contributed by atoms with van der Waals surface area (Å²) in [6.07, 6.45) is 21.5. The predicted octanol–water partition coefficient (Wildman–Crippen LogP) is 13.9. The van der Waals surface area contributed by atoms with Gasteiger partial charge in [0.15, 0.2) is 17.3 Å². The number of ether oxygens (including phenoxy) is 2. The number of thioether (sulfide) groups is 3. The van der Waals surface area contributed by atoms with Gasteiger partial charge in [0.1, 0.15) is 0 Å². The Balaban J connectivity index is 0.000000226. The van der Waals surface area contributed by atoms with E-state index < -0.39 is 0 Å². The number of nitrogens with zero attached hydrogens (tertiary/aromatic N) is 3. The average molecular weight is 1000 g/mol. The molecule has 3 heterocycles. The quantitative estimate of drug-likeness (QED) is 0.0364. The molecule has 3 saturated heterocycles. The van der Waals surface area contributed by atoms with Crippen molar-refractivity contribution in [2.45, 2.75) is 151 Å². The molecule has 8 nitrogen and oxygen atoms in total. The zero-order valence-electron chi connectivity index (χ0n) is 43.1. The second-order valence-electron chi connectivity index (χ2n) is 18.6. The Morgan fingerprint density at radius 3 is 1.03 bits per heavy atom. The molecule has 0 bridgehead atoms. The molecule has 6 rings (SSSR count). The molecule has 0 radical (unpaired) electrons. The standard InChI is InChI=1S/C20H31NO2S.C19H29NO2S.C19H29NOS/c1-2-3-4-5-6-17-24-19-9-7-18(8-10-19)20(22)11-12-21-13-15-23-16-14-21;1-2-3-4-5-16-23-18-8-6-17(7-9-18)19(21)10-11-20-12-14-22-15-13-20;1-2-3-7-16-22-18-10-8-17(9-11-18)19(21)12-15-20-13-5-4-6-14-20/h7-10H,2-6,11-17H2,1H3;6-9H,2-5,10-16H2,1H3;8-11H,2-7,12-16H2,1H3. The summed E-state index contributed by atoms with van der Waals surface area (Å²) < 4.78 is 10.7. The molecule has 0 atom stereocenters. The van der Waals surface area contributed by atoms with Crippen LogP contribution in [0.4, 0.5) is 0 Å². The van der Waals surface area contributed by atoms with E-state index in [0.717, 1.165) is 88.9 Å². The fourth-order valence-corrected chi connectivity index (χ4v) is 11.2. The molecule has 0 amide bonds. The van der Waals surface area contributed by atoms with Crippen molar-refractivity contribution in [2.75, 3.05) is 103 Å². The summed E-state index contributed by atoms with van der Waals surface area (Å²) in [5.41, 5.74) is 2.55. The summed E-state index contributed by atoms with van der Waals surface area (Å²) >= 11 is 5.69. The zero-order valence-corrected chi connectivity index (χ0v) is 45.5. The summed E-state index contributed by atoms with van der Waals surface area (Å²) in [5.74, 6) is 4.30. The third-order valence-electron chi connectivity index (χ3n) is 13.0. The Morgan fingerprint density at radius 2 is 0.681 bits per heavy atom. The number of likely N-dealkylation sites (tertiary alicyclic amines) is 1. The maximum Gasteiger partial charge on any atom is 0.164 e. The van der Waals surface area contributed by atoms with Crippen LogP contribution in [0.25, 0.3) is 0 Å². The lowest BCUT2D eigenvalue weighted by Crippen LogP contribution is -2.37. The van der Waals surface area contributed by atoms with Gasteiger partial charge in [-0.1, -0.05) is 121 Å². The molecule has 384 valence electrons. The Morgan fingerprint density at radius 1 is 0.391 bits per heavy atom. The number of hydrogen-bond acceptors (Lipinski definition) is 11. The lowest BCUT2D eigenvalue weighted by atomic mass is 10.1. The van der Waals surface area contributed by atoms with Gasteiger partial charge in [0.05, 0.1) is 26.4 Å². The monoisotopic (exact) mass is 1000 g/mol. The van der Waals surface area contributed by atoms with E-state index in [-0.39, 0.29) is 17.3 Å². The number of hydrogen-bond donors (Lipinski definition) is 0. The second kappa shape index (κ2) is 38.2. The van der Waals surface area contributed by atoms with Crippen LogP contribution in [0.2, 0.25) is 0 Å². The van der Waals surface area contributed by atoms with Gasteiger partial charge in [-0.05, 0) is 98.9 Å². The molecule has 3 aromatic carbocycles. The number of benzene rings is 3. The number of piperidine rings is 1. The van der Waals surface area contributed by atoms with E-state index in [1.807, 2.05) is 71.7 Å². The van der Waals surface area contributed by atoms with Gasteiger partial charge in [0.2, 0.25) is 0 Å². The smallest absolute Gasteiger partial charge is 0.164 e. The number of rotatable bonds is 30. The van der Waals surface area contributed by atoms with E-state index in [1.165, 1.54) is 141 Å². The van der Waals surface area contributed by atoms with Gasteiger partial charge in [-0.2, -0.15) is 0 Å². The van der Waals surface area contributed by atoms with E-state index in [0.29, 0.717) is 19.3 Å². The van der Waals surface area contributed by atoms with E-state index >= 15 is 0 Å². The molecule has 3 aromatic rings. The fourth-order valence-electron chi connectivity index (χ4n) is 8.41. The first-order chi connectivity index (χ1) is 33.9. The van der Waals surface area contributed by atoms with E-state index in [4.69, 9.17) is 9.47 Å². The topological polar surface area (TPSA) is 79.4 Å². The van der Waals surface area contributed by atoms with Gasteiger partial charge in [0.25, 0.3) is 0 Å². The van der Waals surface area contributed by atoms with Crippen LogP contribution in [0, 0.1) is 0 Å². The number of carbonyl (C=O) groups excluding carboxylic acids is 3. The maximum atomic E-state index is 12.3. The first-order valence-corrected chi connectivity index (χ1v) is 29.9. The van der Waals surface area contributed by atoms with E-state index in [9.17, 15) is 14.4 Å². The molecule has 0 aliphatic carbocycles. The van der Waals surface area contributed by atoms with Crippen LogP contribution in [-0.2, 0) is 9.47 Å². The number of unbranched alkanes of at least 4 members (excludes halogenated alkanes) is 9. The van der Waals surface area contributed by atoms with Crippen LogP contribution in [0.5, 0.6) is 0 Å². The molecule has 0 spiro atoms. The molecular formula is C58H89N3O5S3. The normalized spacial score (nSPS) is 15.7. The lowest BCUT2D eigenvalue weighted by molar-refractivity contribution is 0.0370. The van der Waals surface area contributed by atoms with Crippen molar-refractivity contribution in [3.05, 3.63) is 89.5 Å². The fraction of sp³-hybridized carbons (Fsp3) is 0.638. The van der Waals surface area contributed by atoms with Crippen molar-refractivity contribution in [3.8, 4) is 0 Å². The third-order valence-corrected chi connectivity index (χ3v) is 16.2. The van der Waals surface area contributed by atoms with Gasteiger partial charge in [0, 0.05) is 96.5 Å². The molecule has 11 heteroatoms. The van der Waals surface area contributed by atoms with Crippen molar-refractivity contribution in [1.82, 2.24) is 14.7 Å². The Bertz CT molecular complexity index is 1780. The third kappa shape index (κ3) is 26.7. The second-order valence-corrected chi connectivity index (χ2v) is 22.1. The van der Waals surface area contributed by atoms with Crippen LogP contribution in [0.3, 0.4) is 0 Å². The van der Waals surface area contributed by atoms with Gasteiger partial charge >= 0.3 is 0 Å². The van der Waals surface area contributed by atoms with Gasteiger partial charge in [-0.3, -0.25) is 24.2 Å². The van der Waals surface area contributed by atoms with E-state index in [1.54, 1.807) is 0 Å². The van der Waals surface area contributed by atoms with Crippen LogP contribution in [0.1, 0.15) is 167 Å². The summed E-state index contributed by atoms with van der Waals surface area (Å²) in [6.45, 7) is 18.6. The summed E-state index contributed by atoms with van der Waals surface area (Å²) in [5, 5.41) is 0. The lowest BCUT2D eigenvalue weighted by Gasteiger charge is -2.26. The molecule has 0 saturated carbocycles. The largest absolute Gasteiger partial charge is 0.379 e. The van der Waals surface area contributed by atoms with Gasteiger partial charge in [-0.15, -0.1) is 35.3 Å². The first kappa shape index (κ1) is 59.1. The minimum atomic E-state index is 0.246. The van der Waals surface area contributed by atoms with Gasteiger partial charge in [-0.25, -0.2) is 0 Å². The highest BCUT2D eigenvalue weighted by molar-refractivity contribution is 7.99. The molecule has 0 aromatic heterocycles. The van der Waals surface area contributed by atoms with Crippen LogP contribution in [0.15, 0.2) is 87.5 Å². The van der Waals surface area contributed by atoms with Crippen molar-refractivity contribution in [2.24, 2.45) is 0 Å². The highest BCUT2D eigenvalue weighted by Crippen LogP contribution is 2.24. The minimum absolute atomic E-state index is 0.246. The van der Waals surface area contributed by atoms with Crippen LogP contribution < -0.4 is 0 Å². The number of ketones is 3. The van der Waals surface area contributed by atoms with Gasteiger partial charge < -0.3 is 14.4 Å². The molecule has 3 fully saturated rings. The molecule has 3 aliphatic heterocycles. The Kier molecular flexibility index (Phi) is 32.7. The van der Waals surface area contributed by atoms with Crippen molar-refractivity contribution >= 4 is 52.6 Å². The molecular weight excluding hydrogens is 915 g/mol. The molecule has 0 N–H and O–H groups in total. The number of carbonyl (C=O) groups is 3. The van der Waals surface area contributed by atoms with Crippen molar-refractivity contribution in [3.63, 3.8) is 0 Å². The number of morpholine rings is 2.